The molecule has 0 aliphatic carbocycles. The van der Waals surface area contributed by atoms with Crippen molar-refractivity contribution in [2.75, 3.05) is 19.0 Å². The monoisotopic (exact) mass is 495 g/mol. The molecule has 0 saturated heterocycles. The Bertz CT molecular complexity index is 1390. The molecule has 1 amide bonds. The zero-order valence-electron chi connectivity index (χ0n) is 18.9. The van der Waals surface area contributed by atoms with Gasteiger partial charge in [-0.15, -0.1) is 0 Å². The topological polar surface area (TPSA) is 60.7 Å². The molecule has 0 aliphatic heterocycles. The summed E-state index contributed by atoms with van der Waals surface area (Å²) in [5, 5.41) is 4.49. The van der Waals surface area contributed by atoms with E-state index in [0.29, 0.717) is 33.7 Å². The molecule has 34 heavy (non-hydrogen) atoms. The molecule has 0 spiro atoms. The van der Waals surface area contributed by atoms with Crippen LogP contribution in [-0.2, 0) is 4.79 Å². The summed E-state index contributed by atoms with van der Waals surface area (Å²) in [5.74, 6) is 1.08. The third-order valence-corrected chi connectivity index (χ3v) is 6.07. The van der Waals surface area contributed by atoms with Gasteiger partial charge in [-0.1, -0.05) is 41.4 Å². The van der Waals surface area contributed by atoms with Gasteiger partial charge in [0, 0.05) is 39.9 Å². The van der Waals surface area contributed by atoms with Crippen molar-refractivity contribution in [2.45, 2.75) is 13.8 Å². The van der Waals surface area contributed by atoms with Gasteiger partial charge in [-0.3, -0.25) is 4.79 Å². The highest BCUT2D eigenvalue weighted by Gasteiger charge is 2.17. The lowest BCUT2D eigenvalue weighted by atomic mass is 9.98. The summed E-state index contributed by atoms with van der Waals surface area (Å²) in [6.07, 6.45) is 3.23. The van der Waals surface area contributed by atoms with E-state index in [-0.39, 0.29) is 5.91 Å². The van der Waals surface area contributed by atoms with E-state index < -0.39 is 0 Å². The number of anilines is 1. The van der Waals surface area contributed by atoms with E-state index >= 15 is 0 Å². The second-order valence-corrected chi connectivity index (χ2v) is 8.39. The minimum absolute atomic E-state index is 0.296. The van der Waals surface area contributed by atoms with E-state index in [1.807, 2.05) is 50.2 Å². The zero-order chi connectivity index (χ0) is 24.2. The number of carbonyl (C=O) groups is 1. The highest BCUT2D eigenvalue weighted by molar-refractivity contribution is 6.42. The van der Waals surface area contributed by atoms with Gasteiger partial charge in [-0.05, 0) is 49.8 Å². The SMILES string of the molecule is CCOc1cc2occ(-c3ccccc3OC)c2cc1/C(C)=C/C(=O)Nc1ccc(Cl)c(Cl)c1. The van der Waals surface area contributed by atoms with Crippen LogP contribution in [-0.4, -0.2) is 19.6 Å². The van der Waals surface area contributed by atoms with Crippen molar-refractivity contribution < 1.29 is 18.7 Å². The lowest BCUT2D eigenvalue weighted by molar-refractivity contribution is -0.111. The molecular formula is C27H23Cl2NO4. The van der Waals surface area contributed by atoms with Gasteiger partial charge in [-0.25, -0.2) is 0 Å². The molecule has 0 radical (unpaired) electrons. The number of benzene rings is 3. The average molecular weight is 496 g/mol. The van der Waals surface area contributed by atoms with Crippen LogP contribution in [0.5, 0.6) is 11.5 Å². The van der Waals surface area contributed by atoms with Crippen LogP contribution >= 0.6 is 23.2 Å². The first-order valence-corrected chi connectivity index (χ1v) is 11.4. The van der Waals surface area contributed by atoms with E-state index in [4.69, 9.17) is 37.1 Å². The molecule has 0 atom stereocenters. The molecule has 4 aromatic rings. The average Bonchev–Trinajstić information content (AvgIpc) is 3.23. The highest BCUT2D eigenvalue weighted by atomic mass is 35.5. The van der Waals surface area contributed by atoms with E-state index in [9.17, 15) is 4.79 Å². The third-order valence-electron chi connectivity index (χ3n) is 5.33. The number of para-hydroxylation sites is 1. The largest absolute Gasteiger partial charge is 0.496 e. The number of hydrogen-bond donors (Lipinski definition) is 1. The number of nitrogens with one attached hydrogen (secondary N) is 1. The summed E-state index contributed by atoms with van der Waals surface area (Å²) < 4.78 is 17.2. The third kappa shape index (κ3) is 4.91. The molecule has 0 saturated carbocycles. The van der Waals surface area contributed by atoms with Gasteiger partial charge in [0.25, 0.3) is 0 Å². The molecule has 1 heterocycles. The molecule has 5 nitrogen and oxygen atoms in total. The van der Waals surface area contributed by atoms with E-state index in [0.717, 1.165) is 33.4 Å². The van der Waals surface area contributed by atoms with Crippen LogP contribution < -0.4 is 14.8 Å². The molecule has 4 rings (SSSR count). The quantitative estimate of drug-likeness (QED) is 0.265. The van der Waals surface area contributed by atoms with E-state index in [2.05, 4.69) is 5.32 Å². The molecule has 1 aromatic heterocycles. The van der Waals surface area contributed by atoms with Crippen LogP contribution in [0.3, 0.4) is 0 Å². The van der Waals surface area contributed by atoms with Crippen molar-refractivity contribution in [1.82, 2.24) is 0 Å². The van der Waals surface area contributed by atoms with Gasteiger partial charge in [0.05, 0.1) is 30.0 Å². The molecule has 1 N–H and O–H groups in total. The Labute approximate surface area is 207 Å². The number of methoxy groups -OCH3 is 1. The zero-order valence-corrected chi connectivity index (χ0v) is 20.5. The van der Waals surface area contributed by atoms with Crippen LogP contribution in [0, 0.1) is 0 Å². The number of fused-ring (bicyclic) bond motifs is 1. The molecule has 3 aromatic carbocycles. The van der Waals surface area contributed by atoms with Crippen molar-refractivity contribution in [3.8, 4) is 22.6 Å². The van der Waals surface area contributed by atoms with Crippen molar-refractivity contribution in [3.63, 3.8) is 0 Å². The van der Waals surface area contributed by atoms with Crippen molar-refractivity contribution in [3.05, 3.63) is 82.5 Å². The Hall–Kier alpha value is -3.41. The number of carbonyl (C=O) groups excluding carboxylic acids is 1. The van der Waals surface area contributed by atoms with E-state index in [1.165, 1.54) is 6.08 Å². The molecule has 0 fully saturated rings. The standard InChI is InChI=1S/C27H23Cl2NO4/c1-4-33-25-14-26-20(21(15-34-26)18-7-5-6-8-24(18)32-3)13-19(25)16(2)11-27(31)30-17-9-10-22(28)23(29)12-17/h5-15H,4H2,1-3H3,(H,30,31)/b16-11+. The normalized spacial score (nSPS) is 11.5. The summed E-state index contributed by atoms with van der Waals surface area (Å²) >= 11 is 12.0. The van der Waals surface area contributed by atoms with Crippen molar-refractivity contribution in [1.29, 1.82) is 0 Å². The first kappa shape index (κ1) is 23.7. The summed E-state index contributed by atoms with van der Waals surface area (Å²) in [6.45, 7) is 4.24. The fraction of sp³-hybridized carbons (Fsp3) is 0.148. The minimum atomic E-state index is -0.296. The fourth-order valence-electron chi connectivity index (χ4n) is 3.74. The Balaban J connectivity index is 1.74. The maximum Gasteiger partial charge on any atom is 0.248 e. The minimum Gasteiger partial charge on any atom is -0.496 e. The molecule has 7 heteroatoms. The number of furan rings is 1. The lowest BCUT2D eigenvalue weighted by Gasteiger charge is -2.12. The fourth-order valence-corrected chi connectivity index (χ4v) is 4.04. The van der Waals surface area contributed by atoms with Crippen LogP contribution in [0.25, 0.3) is 27.7 Å². The number of amides is 1. The van der Waals surface area contributed by atoms with Crippen LogP contribution in [0.15, 0.2) is 71.4 Å². The molecule has 174 valence electrons. The van der Waals surface area contributed by atoms with Gasteiger partial charge in [0.2, 0.25) is 5.91 Å². The predicted molar refractivity (Wildman–Crippen MR) is 138 cm³/mol. The number of halogens is 2. The van der Waals surface area contributed by atoms with Crippen LogP contribution in [0.4, 0.5) is 5.69 Å². The van der Waals surface area contributed by atoms with Gasteiger partial charge < -0.3 is 19.2 Å². The second kappa shape index (κ2) is 10.2. The first-order valence-electron chi connectivity index (χ1n) is 10.7. The Kier molecular flexibility index (Phi) is 7.15. The molecule has 0 unspecified atom stereocenters. The number of rotatable bonds is 7. The van der Waals surface area contributed by atoms with Crippen molar-refractivity contribution in [2.24, 2.45) is 0 Å². The van der Waals surface area contributed by atoms with Gasteiger partial charge in [-0.2, -0.15) is 0 Å². The maximum atomic E-state index is 12.7. The van der Waals surface area contributed by atoms with Gasteiger partial charge in [0.1, 0.15) is 17.1 Å². The number of hydrogen-bond acceptors (Lipinski definition) is 4. The summed E-state index contributed by atoms with van der Waals surface area (Å²) in [6, 6.07) is 16.5. The van der Waals surface area contributed by atoms with Crippen LogP contribution in [0.2, 0.25) is 10.0 Å². The summed E-state index contributed by atoms with van der Waals surface area (Å²) in [5.41, 5.74) is 4.56. The molecule has 0 bridgehead atoms. The molecular weight excluding hydrogens is 473 g/mol. The van der Waals surface area contributed by atoms with Gasteiger partial charge >= 0.3 is 0 Å². The summed E-state index contributed by atoms with van der Waals surface area (Å²) in [4.78, 5) is 12.7. The number of ether oxygens (including phenoxy) is 2. The number of allylic oxidation sites excluding steroid dienone is 1. The maximum absolute atomic E-state index is 12.7. The first-order chi connectivity index (χ1) is 16.4. The van der Waals surface area contributed by atoms with Crippen molar-refractivity contribution >= 4 is 51.3 Å². The molecule has 0 aliphatic rings. The van der Waals surface area contributed by atoms with E-state index in [1.54, 1.807) is 31.6 Å². The van der Waals surface area contributed by atoms with Gasteiger partial charge in [0.15, 0.2) is 0 Å². The van der Waals surface area contributed by atoms with Crippen LogP contribution in [0.1, 0.15) is 19.4 Å². The smallest absolute Gasteiger partial charge is 0.248 e. The predicted octanol–water partition coefficient (Wildman–Crippen LogP) is 7.86. The lowest BCUT2D eigenvalue weighted by Crippen LogP contribution is -2.08. The second-order valence-electron chi connectivity index (χ2n) is 7.57. The Morgan fingerprint density at radius 1 is 1.03 bits per heavy atom. The highest BCUT2D eigenvalue weighted by Crippen LogP contribution is 2.40. The Morgan fingerprint density at radius 2 is 1.82 bits per heavy atom. The summed E-state index contributed by atoms with van der Waals surface area (Å²) in [7, 11) is 1.64. The Morgan fingerprint density at radius 3 is 2.56 bits per heavy atom.